The summed E-state index contributed by atoms with van der Waals surface area (Å²) in [5.74, 6) is -1.26. The lowest BCUT2D eigenvalue weighted by Crippen LogP contribution is -2.43. The Balaban J connectivity index is 2.75. The standard InChI is InChI=1S/C12H12ClN3O4/c13-8-2-1-7(6-14)5-10(8)16-12(20)15-9(3-4-17)11(18)19/h1-2,5,9,17H,3-4H2,(H,18,19)(H2,15,16,20). The van der Waals surface area contributed by atoms with Crippen molar-refractivity contribution in [2.24, 2.45) is 0 Å². The van der Waals surface area contributed by atoms with Gasteiger partial charge in [0.2, 0.25) is 0 Å². The lowest BCUT2D eigenvalue weighted by atomic mass is 10.2. The van der Waals surface area contributed by atoms with Crippen molar-refractivity contribution in [3.8, 4) is 6.07 Å². The molecular formula is C12H12ClN3O4. The number of rotatable bonds is 5. The Bertz CT molecular complexity index is 556. The summed E-state index contributed by atoms with van der Waals surface area (Å²) in [7, 11) is 0. The Kier molecular flexibility index (Phi) is 5.77. The predicted molar refractivity (Wildman–Crippen MR) is 71.4 cm³/mol. The van der Waals surface area contributed by atoms with Crippen LogP contribution in [0.1, 0.15) is 12.0 Å². The summed E-state index contributed by atoms with van der Waals surface area (Å²) in [5.41, 5.74) is 0.492. The van der Waals surface area contributed by atoms with Crippen LogP contribution >= 0.6 is 11.6 Å². The molecule has 2 amide bonds. The molecule has 0 aliphatic carbocycles. The zero-order valence-electron chi connectivity index (χ0n) is 10.3. The van der Waals surface area contributed by atoms with Crippen LogP contribution in [0.25, 0.3) is 0 Å². The molecule has 0 fully saturated rings. The van der Waals surface area contributed by atoms with Crippen LogP contribution in [-0.4, -0.2) is 34.9 Å². The quantitative estimate of drug-likeness (QED) is 0.649. The van der Waals surface area contributed by atoms with E-state index in [0.29, 0.717) is 5.56 Å². The Morgan fingerprint density at radius 1 is 1.45 bits per heavy atom. The fraction of sp³-hybridized carbons (Fsp3) is 0.250. The number of benzene rings is 1. The third kappa shape index (κ3) is 4.42. The number of hydrogen-bond acceptors (Lipinski definition) is 4. The molecule has 0 heterocycles. The number of carbonyl (C=O) groups excluding carboxylic acids is 1. The van der Waals surface area contributed by atoms with Gasteiger partial charge in [-0.15, -0.1) is 0 Å². The van der Waals surface area contributed by atoms with Crippen LogP contribution in [0, 0.1) is 11.3 Å². The molecule has 1 rings (SSSR count). The van der Waals surface area contributed by atoms with E-state index in [1.807, 2.05) is 6.07 Å². The van der Waals surface area contributed by atoms with E-state index in [2.05, 4.69) is 10.6 Å². The van der Waals surface area contributed by atoms with Gasteiger partial charge >= 0.3 is 12.0 Å². The van der Waals surface area contributed by atoms with Crippen LogP contribution < -0.4 is 10.6 Å². The van der Waals surface area contributed by atoms with Crippen LogP contribution in [0.15, 0.2) is 18.2 Å². The first-order chi connectivity index (χ1) is 9.47. The zero-order valence-corrected chi connectivity index (χ0v) is 11.0. The highest BCUT2D eigenvalue weighted by atomic mass is 35.5. The fourth-order valence-electron chi connectivity index (χ4n) is 1.39. The monoisotopic (exact) mass is 297 g/mol. The molecule has 1 aromatic carbocycles. The molecule has 0 aromatic heterocycles. The van der Waals surface area contributed by atoms with Gasteiger partial charge in [0.15, 0.2) is 0 Å². The Morgan fingerprint density at radius 3 is 2.70 bits per heavy atom. The van der Waals surface area contributed by atoms with Gasteiger partial charge in [-0.3, -0.25) is 0 Å². The predicted octanol–water partition coefficient (Wildman–Crippen LogP) is 1.17. The minimum Gasteiger partial charge on any atom is -0.480 e. The number of urea groups is 1. The number of nitrogens with one attached hydrogen (secondary N) is 2. The van der Waals surface area contributed by atoms with E-state index in [-0.39, 0.29) is 23.7 Å². The molecular weight excluding hydrogens is 286 g/mol. The van der Waals surface area contributed by atoms with Gasteiger partial charge in [0.05, 0.1) is 22.3 Å². The van der Waals surface area contributed by atoms with Crippen LogP contribution in [-0.2, 0) is 4.79 Å². The molecule has 0 saturated heterocycles. The first-order valence-electron chi connectivity index (χ1n) is 5.58. The van der Waals surface area contributed by atoms with E-state index < -0.39 is 18.0 Å². The maximum absolute atomic E-state index is 11.6. The molecule has 0 aliphatic heterocycles. The fourth-order valence-corrected chi connectivity index (χ4v) is 1.56. The van der Waals surface area contributed by atoms with E-state index >= 15 is 0 Å². The highest BCUT2D eigenvalue weighted by Gasteiger charge is 2.19. The maximum atomic E-state index is 11.6. The van der Waals surface area contributed by atoms with Crippen molar-refractivity contribution in [2.45, 2.75) is 12.5 Å². The van der Waals surface area contributed by atoms with E-state index in [0.717, 1.165) is 0 Å². The summed E-state index contributed by atoms with van der Waals surface area (Å²) in [6.45, 7) is -0.373. The Morgan fingerprint density at radius 2 is 2.15 bits per heavy atom. The number of aliphatic carboxylic acids is 1. The molecule has 8 heteroatoms. The van der Waals surface area contributed by atoms with Gasteiger partial charge in [-0.1, -0.05) is 11.6 Å². The van der Waals surface area contributed by atoms with Crippen molar-refractivity contribution < 1.29 is 19.8 Å². The van der Waals surface area contributed by atoms with E-state index in [9.17, 15) is 9.59 Å². The van der Waals surface area contributed by atoms with Gasteiger partial charge in [0, 0.05) is 13.0 Å². The summed E-state index contributed by atoms with van der Waals surface area (Å²) < 4.78 is 0. The Hall–Kier alpha value is -2.30. The van der Waals surface area contributed by atoms with Crippen molar-refractivity contribution in [3.05, 3.63) is 28.8 Å². The van der Waals surface area contributed by atoms with Gasteiger partial charge in [-0.05, 0) is 18.2 Å². The largest absolute Gasteiger partial charge is 0.480 e. The van der Waals surface area contributed by atoms with Crippen LogP contribution in [0.5, 0.6) is 0 Å². The molecule has 0 spiro atoms. The summed E-state index contributed by atoms with van der Waals surface area (Å²) in [6, 6.07) is 4.18. The van der Waals surface area contributed by atoms with Gasteiger partial charge in [-0.25, -0.2) is 9.59 Å². The summed E-state index contributed by atoms with van der Waals surface area (Å²) >= 11 is 5.85. The number of carbonyl (C=O) groups is 2. The zero-order chi connectivity index (χ0) is 15.1. The second kappa shape index (κ2) is 7.33. The Labute approximate surface area is 119 Å². The van der Waals surface area contributed by atoms with Gasteiger partial charge in [0.25, 0.3) is 0 Å². The highest BCUT2D eigenvalue weighted by Crippen LogP contribution is 2.22. The second-order valence-electron chi connectivity index (χ2n) is 3.81. The lowest BCUT2D eigenvalue weighted by Gasteiger charge is -2.14. The molecule has 0 saturated carbocycles. The second-order valence-corrected chi connectivity index (χ2v) is 4.22. The SMILES string of the molecule is N#Cc1ccc(Cl)c(NC(=O)NC(CCO)C(=O)O)c1. The number of aliphatic hydroxyl groups excluding tert-OH is 1. The van der Waals surface area contributed by atoms with Crippen LogP contribution in [0.3, 0.4) is 0 Å². The average molecular weight is 298 g/mol. The number of amides is 2. The van der Waals surface area contributed by atoms with Crippen molar-refractivity contribution in [3.63, 3.8) is 0 Å². The van der Waals surface area contributed by atoms with Crippen molar-refractivity contribution >= 4 is 29.3 Å². The molecule has 4 N–H and O–H groups in total. The van der Waals surface area contributed by atoms with E-state index in [1.54, 1.807) is 0 Å². The highest BCUT2D eigenvalue weighted by molar-refractivity contribution is 6.33. The van der Waals surface area contributed by atoms with Crippen molar-refractivity contribution in [1.29, 1.82) is 5.26 Å². The van der Waals surface area contributed by atoms with E-state index in [4.69, 9.17) is 27.1 Å². The van der Waals surface area contributed by atoms with Crippen molar-refractivity contribution in [2.75, 3.05) is 11.9 Å². The molecule has 1 atom stereocenters. The van der Waals surface area contributed by atoms with Crippen LogP contribution in [0.2, 0.25) is 5.02 Å². The molecule has 106 valence electrons. The number of nitrogens with zero attached hydrogens (tertiary/aromatic N) is 1. The van der Waals surface area contributed by atoms with Crippen molar-refractivity contribution in [1.82, 2.24) is 5.32 Å². The first-order valence-corrected chi connectivity index (χ1v) is 5.96. The van der Waals surface area contributed by atoms with Gasteiger partial charge in [-0.2, -0.15) is 5.26 Å². The smallest absolute Gasteiger partial charge is 0.326 e. The topological polar surface area (TPSA) is 122 Å². The normalized spacial score (nSPS) is 11.2. The average Bonchev–Trinajstić information content (AvgIpc) is 2.40. The number of carboxylic acids is 1. The number of aliphatic hydroxyl groups is 1. The number of hydrogen-bond donors (Lipinski definition) is 4. The van der Waals surface area contributed by atoms with E-state index in [1.165, 1.54) is 18.2 Å². The maximum Gasteiger partial charge on any atom is 0.326 e. The number of halogens is 1. The molecule has 0 bridgehead atoms. The van der Waals surface area contributed by atoms with Gasteiger partial charge < -0.3 is 20.8 Å². The molecule has 7 nitrogen and oxygen atoms in total. The van der Waals surface area contributed by atoms with Crippen LogP contribution in [0.4, 0.5) is 10.5 Å². The summed E-state index contributed by atoms with van der Waals surface area (Å²) in [5, 5.41) is 31.0. The third-order valence-corrected chi connectivity index (χ3v) is 2.69. The lowest BCUT2D eigenvalue weighted by molar-refractivity contribution is -0.139. The summed E-state index contributed by atoms with van der Waals surface area (Å²) in [4.78, 5) is 22.5. The minimum atomic E-state index is -1.26. The molecule has 1 aromatic rings. The molecule has 20 heavy (non-hydrogen) atoms. The number of anilines is 1. The summed E-state index contributed by atoms with van der Waals surface area (Å²) in [6.07, 6.45) is -0.116. The first kappa shape index (κ1) is 15.8. The molecule has 0 radical (unpaired) electrons. The molecule has 1 unspecified atom stereocenters. The minimum absolute atomic E-state index is 0.116. The number of nitriles is 1. The molecule has 0 aliphatic rings. The third-order valence-electron chi connectivity index (χ3n) is 2.36. The van der Waals surface area contributed by atoms with Gasteiger partial charge in [0.1, 0.15) is 6.04 Å². The number of carboxylic acid groups (broad SMARTS) is 1.